The molecule has 4 heteroatoms. The van der Waals surface area contributed by atoms with Crippen LogP contribution in [0.1, 0.15) is 11.3 Å². The van der Waals surface area contributed by atoms with Gasteiger partial charge in [-0.1, -0.05) is 30.3 Å². The molecule has 0 radical (unpaired) electrons. The van der Waals surface area contributed by atoms with Crippen molar-refractivity contribution in [3.8, 4) is 0 Å². The molecule has 4 nitrogen and oxygen atoms in total. The topological polar surface area (TPSA) is 32.3 Å². The lowest BCUT2D eigenvalue weighted by Gasteiger charge is -2.33. The van der Waals surface area contributed by atoms with Gasteiger partial charge in [0.1, 0.15) is 12.1 Å². The number of anilines is 1. The van der Waals surface area contributed by atoms with Crippen LogP contribution < -0.4 is 4.90 Å². The number of nitrogens with zero attached hydrogens (tertiary/aromatic N) is 4. The summed E-state index contributed by atoms with van der Waals surface area (Å²) in [5.41, 5.74) is 2.37. The molecule has 0 saturated carbocycles. The van der Waals surface area contributed by atoms with E-state index >= 15 is 0 Å². The van der Waals surface area contributed by atoms with Crippen molar-refractivity contribution in [2.45, 2.75) is 6.42 Å². The van der Waals surface area contributed by atoms with Gasteiger partial charge in [0.25, 0.3) is 0 Å². The smallest absolute Gasteiger partial charge is 0.132 e. The Labute approximate surface area is 120 Å². The highest BCUT2D eigenvalue weighted by atomic mass is 15.3. The van der Waals surface area contributed by atoms with E-state index in [-0.39, 0.29) is 0 Å². The molecule has 0 N–H and O–H groups in total. The van der Waals surface area contributed by atoms with Crippen molar-refractivity contribution in [1.29, 1.82) is 0 Å². The number of rotatable bonds is 3. The van der Waals surface area contributed by atoms with Gasteiger partial charge < -0.3 is 9.80 Å². The second-order valence-corrected chi connectivity index (χ2v) is 5.32. The van der Waals surface area contributed by atoms with E-state index in [1.165, 1.54) is 5.56 Å². The third-order valence-electron chi connectivity index (χ3n) is 3.76. The summed E-state index contributed by atoms with van der Waals surface area (Å²) in [4.78, 5) is 13.5. The van der Waals surface area contributed by atoms with Crippen LogP contribution in [0.25, 0.3) is 0 Å². The fourth-order valence-electron chi connectivity index (χ4n) is 2.50. The molecule has 1 aromatic carbocycles. The maximum atomic E-state index is 4.43. The van der Waals surface area contributed by atoms with Gasteiger partial charge in [0.15, 0.2) is 0 Å². The van der Waals surface area contributed by atoms with Gasteiger partial charge in [-0.15, -0.1) is 0 Å². The first-order valence-corrected chi connectivity index (χ1v) is 7.09. The number of likely N-dealkylation sites (N-methyl/N-ethyl adjacent to an activating group) is 1. The van der Waals surface area contributed by atoms with Gasteiger partial charge in [0.2, 0.25) is 0 Å². The maximum absolute atomic E-state index is 4.43. The minimum Gasteiger partial charge on any atom is -0.354 e. The summed E-state index contributed by atoms with van der Waals surface area (Å²) < 4.78 is 0. The zero-order valence-electron chi connectivity index (χ0n) is 11.9. The summed E-state index contributed by atoms with van der Waals surface area (Å²) in [6.45, 7) is 4.27. The molecule has 1 aromatic heterocycles. The summed E-state index contributed by atoms with van der Waals surface area (Å²) in [5.74, 6) is 1.05. The standard InChI is InChI=1S/C16H20N4/c1-19-7-9-20(10-8-19)16-12-15(17-13-18-16)11-14-5-3-2-4-6-14/h2-6,12-13H,7-11H2,1H3. The summed E-state index contributed by atoms with van der Waals surface area (Å²) in [7, 11) is 2.16. The van der Waals surface area contributed by atoms with Crippen molar-refractivity contribution >= 4 is 5.82 Å². The zero-order valence-corrected chi connectivity index (χ0v) is 11.9. The first-order valence-electron chi connectivity index (χ1n) is 7.09. The van der Waals surface area contributed by atoms with Crippen LogP contribution in [0, 0.1) is 0 Å². The molecule has 0 unspecified atom stereocenters. The molecule has 3 rings (SSSR count). The van der Waals surface area contributed by atoms with E-state index in [0.29, 0.717) is 0 Å². The van der Waals surface area contributed by atoms with E-state index in [1.54, 1.807) is 6.33 Å². The van der Waals surface area contributed by atoms with Crippen LogP contribution in [0.4, 0.5) is 5.82 Å². The van der Waals surface area contributed by atoms with E-state index < -0.39 is 0 Å². The second kappa shape index (κ2) is 6.01. The minimum absolute atomic E-state index is 0.865. The third-order valence-corrected chi connectivity index (χ3v) is 3.76. The second-order valence-electron chi connectivity index (χ2n) is 5.32. The number of hydrogen-bond acceptors (Lipinski definition) is 4. The lowest BCUT2D eigenvalue weighted by atomic mass is 10.1. The Bertz CT molecular complexity index is 547. The summed E-state index contributed by atoms with van der Waals surface area (Å²) in [6, 6.07) is 12.6. The molecule has 0 atom stereocenters. The lowest BCUT2D eigenvalue weighted by molar-refractivity contribution is 0.312. The Hall–Kier alpha value is -1.94. The van der Waals surface area contributed by atoms with Crippen LogP contribution in [-0.2, 0) is 6.42 Å². The first kappa shape index (κ1) is 13.1. The van der Waals surface area contributed by atoms with Crippen LogP contribution in [0.5, 0.6) is 0 Å². The summed E-state index contributed by atoms with van der Waals surface area (Å²) in [6.07, 6.45) is 2.55. The Morgan fingerprint density at radius 1 is 1.00 bits per heavy atom. The van der Waals surface area contributed by atoms with Gasteiger partial charge in [-0.05, 0) is 12.6 Å². The van der Waals surface area contributed by atoms with Crippen LogP contribution >= 0.6 is 0 Å². The number of benzene rings is 1. The van der Waals surface area contributed by atoms with Crippen LogP contribution in [0.15, 0.2) is 42.7 Å². The highest BCUT2D eigenvalue weighted by molar-refractivity contribution is 5.40. The molecule has 2 aromatic rings. The Morgan fingerprint density at radius 2 is 1.75 bits per heavy atom. The quantitative estimate of drug-likeness (QED) is 0.850. The predicted octanol–water partition coefficient (Wildman–Crippen LogP) is 1.82. The van der Waals surface area contributed by atoms with Crippen molar-refractivity contribution in [2.75, 3.05) is 38.1 Å². The number of hydrogen-bond donors (Lipinski definition) is 0. The van der Waals surface area contributed by atoms with Gasteiger partial charge in [0.05, 0.1) is 5.69 Å². The molecule has 0 bridgehead atoms. The van der Waals surface area contributed by atoms with Crippen LogP contribution in [0.2, 0.25) is 0 Å². The van der Waals surface area contributed by atoms with E-state index in [4.69, 9.17) is 0 Å². The molecule has 0 spiro atoms. The fourth-order valence-corrected chi connectivity index (χ4v) is 2.50. The van der Waals surface area contributed by atoms with Crippen molar-refractivity contribution < 1.29 is 0 Å². The molecule has 104 valence electrons. The molecular weight excluding hydrogens is 248 g/mol. The van der Waals surface area contributed by atoms with Crippen LogP contribution in [-0.4, -0.2) is 48.1 Å². The summed E-state index contributed by atoms with van der Waals surface area (Å²) >= 11 is 0. The average molecular weight is 268 g/mol. The molecule has 1 aliphatic heterocycles. The van der Waals surface area contributed by atoms with E-state index in [2.05, 4.69) is 57.1 Å². The van der Waals surface area contributed by atoms with E-state index in [1.807, 2.05) is 6.07 Å². The predicted molar refractivity (Wildman–Crippen MR) is 81.0 cm³/mol. The monoisotopic (exact) mass is 268 g/mol. The summed E-state index contributed by atoms with van der Waals surface area (Å²) in [5, 5.41) is 0. The van der Waals surface area contributed by atoms with E-state index in [9.17, 15) is 0 Å². The van der Waals surface area contributed by atoms with Crippen molar-refractivity contribution in [1.82, 2.24) is 14.9 Å². The molecule has 1 fully saturated rings. The van der Waals surface area contributed by atoms with Gasteiger partial charge in [0, 0.05) is 38.7 Å². The first-order chi connectivity index (χ1) is 9.81. The third kappa shape index (κ3) is 3.14. The van der Waals surface area contributed by atoms with Gasteiger partial charge in [-0.3, -0.25) is 0 Å². The fraction of sp³-hybridized carbons (Fsp3) is 0.375. The number of piperazine rings is 1. The Kier molecular flexibility index (Phi) is 3.92. The highest BCUT2D eigenvalue weighted by Crippen LogP contribution is 2.15. The minimum atomic E-state index is 0.865. The average Bonchev–Trinajstić information content (AvgIpc) is 2.49. The Balaban J connectivity index is 1.73. The molecule has 1 aliphatic rings. The SMILES string of the molecule is CN1CCN(c2cc(Cc3ccccc3)ncn2)CC1. The van der Waals surface area contributed by atoms with Crippen LogP contribution in [0.3, 0.4) is 0 Å². The van der Waals surface area contributed by atoms with E-state index in [0.717, 1.165) is 44.1 Å². The molecule has 1 saturated heterocycles. The molecule has 0 amide bonds. The molecular formula is C16H20N4. The molecule has 20 heavy (non-hydrogen) atoms. The number of aromatic nitrogens is 2. The van der Waals surface area contributed by atoms with Gasteiger partial charge in [-0.2, -0.15) is 0 Å². The lowest BCUT2D eigenvalue weighted by Crippen LogP contribution is -2.44. The van der Waals surface area contributed by atoms with Crippen molar-refractivity contribution in [2.24, 2.45) is 0 Å². The van der Waals surface area contributed by atoms with Gasteiger partial charge >= 0.3 is 0 Å². The largest absolute Gasteiger partial charge is 0.354 e. The normalized spacial score (nSPS) is 16.4. The highest BCUT2D eigenvalue weighted by Gasteiger charge is 2.15. The maximum Gasteiger partial charge on any atom is 0.132 e. The van der Waals surface area contributed by atoms with Gasteiger partial charge in [-0.25, -0.2) is 9.97 Å². The molecule has 0 aliphatic carbocycles. The Morgan fingerprint density at radius 3 is 2.50 bits per heavy atom. The molecule has 2 heterocycles. The van der Waals surface area contributed by atoms with Crippen molar-refractivity contribution in [3.05, 3.63) is 54.0 Å². The van der Waals surface area contributed by atoms with Crippen molar-refractivity contribution in [3.63, 3.8) is 0 Å². The zero-order chi connectivity index (χ0) is 13.8.